The molecule has 1 aromatic rings. The Hall–Kier alpha value is -0.900. The molecule has 0 amide bonds. The molecule has 2 N–H and O–H groups in total. The van der Waals surface area contributed by atoms with Crippen LogP contribution in [0.15, 0.2) is 30.3 Å². The molecule has 3 heteroatoms. The number of hydrogen-bond donors (Lipinski definition) is 2. The summed E-state index contributed by atoms with van der Waals surface area (Å²) in [5, 5.41) is 13.8. The van der Waals surface area contributed by atoms with Gasteiger partial charge in [0.1, 0.15) is 0 Å². The van der Waals surface area contributed by atoms with Gasteiger partial charge in [-0.05, 0) is 44.5 Å². The Labute approximate surface area is 129 Å². The van der Waals surface area contributed by atoms with Crippen molar-refractivity contribution >= 4 is 0 Å². The Morgan fingerprint density at radius 3 is 2.33 bits per heavy atom. The molecular formula is C18H30N2O. The van der Waals surface area contributed by atoms with Crippen molar-refractivity contribution in [3.05, 3.63) is 35.9 Å². The van der Waals surface area contributed by atoms with Crippen LogP contribution in [-0.2, 0) is 5.54 Å². The largest absolute Gasteiger partial charge is 0.394 e. The first-order chi connectivity index (χ1) is 10.3. The topological polar surface area (TPSA) is 35.5 Å². The number of benzene rings is 1. The van der Waals surface area contributed by atoms with E-state index >= 15 is 0 Å². The number of rotatable bonds is 7. The maximum atomic E-state index is 10.2. The Bertz CT molecular complexity index is 387. The summed E-state index contributed by atoms with van der Waals surface area (Å²) in [6, 6.07) is 10.4. The van der Waals surface area contributed by atoms with Gasteiger partial charge in [-0.25, -0.2) is 0 Å². The van der Waals surface area contributed by atoms with Crippen molar-refractivity contribution in [2.45, 2.75) is 44.6 Å². The van der Waals surface area contributed by atoms with E-state index in [2.05, 4.69) is 41.4 Å². The fraction of sp³-hybridized carbons (Fsp3) is 0.667. The van der Waals surface area contributed by atoms with Crippen LogP contribution in [0.25, 0.3) is 0 Å². The van der Waals surface area contributed by atoms with Crippen LogP contribution in [0.5, 0.6) is 0 Å². The Morgan fingerprint density at radius 1 is 1.10 bits per heavy atom. The molecule has 1 heterocycles. The SMILES string of the molecule is CCCNC(CO)(CN1CCCCCC1)c1ccccc1. The number of nitrogens with one attached hydrogen (secondary N) is 1. The average molecular weight is 290 g/mol. The summed E-state index contributed by atoms with van der Waals surface area (Å²) in [6.45, 7) is 6.46. The molecule has 3 nitrogen and oxygen atoms in total. The van der Waals surface area contributed by atoms with Crippen LogP contribution in [0, 0.1) is 0 Å². The van der Waals surface area contributed by atoms with Crippen molar-refractivity contribution in [2.75, 3.05) is 32.8 Å². The molecule has 0 spiro atoms. The van der Waals surface area contributed by atoms with Crippen molar-refractivity contribution in [1.29, 1.82) is 0 Å². The van der Waals surface area contributed by atoms with Crippen LogP contribution >= 0.6 is 0 Å². The zero-order valence-electron chi connectivity index (χ0n) is 13.4. The van der Waals surface area contributed by atoms with E-state index in [4.69, 9.17) is 0 Å². The van der Waals surface area contributed by atoms with Crippen LogP contribution in [0.1, 0.15) is 44.6 Å². The number of likely N-dealkylation sites (tertiary alicyclic amines) is 1. The first kappa shape index (κ1) is 16.5. The summed E-state index contributed by atoms with van der Waals surface area (Å²) in [4.78, 5) is 2.53. The molecular weight excluding hydrogens is 260 g/mol. The first-order valence-corrected chi connectivity index (χ1v) is 8.44. The maximum Gasteiger partial charge on any atom is 0.0797 e. The molecule has 118 valence electrons. The first-order valence-electron chi connectivity index (χ1n) is 8.44. The molecule has 1 atom stereocenters. The van der Waals surface area contributed by atoms with Gasteiger partial charge in [-0.3, -0.25) is 0 Å². The smallest absolute Gasteiger partial charge is 0.0797 e. The predicted molar refractivity (Wildman–Crippen MR) is 88.4 cm³/mol. The minimum absolute atomic E-state index is 0.146. The van der Waals surface area contributed by atoms with Gasteiger partial charge in [0.2, 0.25) is 0 Å². The lowest BCUT2D eigenvalue weighted by molar-refractivity contribution is 0.108. The van der Waals surface area contributed by atoms with Gasteiger partial charge >= 0.3 is 0 Å². The number of nitrogens with zero attached hydrogens (tertiary/aromatic N) is 1. The molecule has 1 unspecified atom stereocenters. The zero-order valence-corrected chi connectivity index (χ0v) is 13.4. The van der Waals surface area contributed by atoms with E-state index in [0.717, 1.165) is 32.6 Å². The molecule has 1 aliphatic heterocycles. The molecule has 21 heavy (non-hydrogen) atoms. The average Bonchev–Trinajstić information content (AvgIpc) is 2.81. The van der Waals surface area contributed by atoms with Gasteiger partial charge in [-0.1, -0.05) is 50.1 Å². The highest BCUT2D eigenvalue weighted by molar-refractivity contribution is 5.25. The normalized spacial score (nSPS) is 19.9. The standard InChI is InChI=1S/C18H30N2O/c1-2-12-19-18(16-21,17-10-6-5-7-11-17)15-20-13-8-3-4-9-14-20/h5-7,10-11,19,21H,2-4,8-9,12-16H2,1H3. The van der Waals surface area contributed by atoms with Gasteiger partial charge in [0.05, 0.1) is 12.1 Å². The fourth-order valence-corrected chi connectivity index (χ4v) is 3.24. The van der Waals surface area contributed by atoms with E-state index in [1.54, 1.807) is 0 Å². The summed E-state index contributed by atoms with van der Waals surface area (Å²) in [5.74, 6) is 0. The summed E-state index contributed by atoms with van der Waals surface area (Å²) in [5.41, 5.74) is 0.868. The second-order valence-corrected chi connectivity index (χ2v) is 6.22. The molecule has 2 rings (SSSR count). The van der Waals surface area contributed by atoms with Crippen molar-refractivity contribution in [1.82, 2.24) is 10.2 Å². The van der Waals surface area contributed by atoms with Crippen molar-refractivity contribution in [2.24, 2.45) is 0 Å². The molecule has 0 aliphatic carbocycles. The van der Waals surface area contributed by atoms with Gasteiger partial charge in [-0.15, -0.1) is 0 Å². The second kappa shape index (κ2) is 8.52. The summed E-state index contributed by atoms with van der Waals surface area (Å²) in [6.07, 6.45) is 6.33. The fourth-order valence-electron chi connectivity index (χ4n) is 3.24. The Morgan fingerprint density at radius 2 is 1.76 bits per heavy atom. The van der Waals surface area contributed by atoms with Gasteiger partial charge in [0, 0.05) is 6.54 Å². The summed E-state index contributed by atoms with van der Waals surface area (Å²) >= 11 is 0. The molecule has 0 bridgehead atoms. The van der Waals surface area contributed by atoms with Gasteiger partial charge < -0.3 is 15.3 Å². The third-order valence-corrected chi connectivity index (χ3v) is 4.50. The molecule has 1 fully saturated rings. The minimum Gasteiger partial charge on any atom is -0.394 e. The van der Waals surface area contributed by atoms with E-state index in [1.807, 2.05) is 6.07 Å². The van der Waals surface area contributed by atoms with E-state index in [1.165, 1.54) is 31.2 Å². The van der Waals surface area contributed by atoms with Crippen molar-refractivity contribution < 1.29 is 5.11 Å². The van der Waals surface area contributed by atoms with E-state index < -0.39 is 0 Å². The monoisotopic (exact) mass is 290 g/mol. The van der Waals surface area contributed by atoms with Crippen LogP contribution < -0.4 is 5.32 Å². The molecule has 1 aromatic carbocycles. The highest BCUT2D eigenvalue weighted by Gasteiger charge is 2.33. The number of hydrogen-bond acceptors (Lipinski definition) is 3. The van der Waals surface area contributed by atoms with Crippen LogP contribution in [-0.4, -0.2) is 42.8 Å². The van der Waals surface area contributed by atoms with E-state index in [9.17, 15) is 5.11 Å². The minimum atomic E-state index is -0.332. The van der Waals surface area contributed by atoms with Gasteiger partial charge in [0.25, 0.3) is 0 Å². The second-order valence-electron chi connectivity index (χ2n) is 6.22. The predicted octanol–water partition coefficient (Wildman–Crippen LogP) is 2.75. The Kier molecular flexibility index (Phi) is 6.68. The lowest BCUT2D eigenvalue weighted by Gasteiger charge is -2.38. The van der Waals surface area contributed by atoms with Crippen molar-refractivity contribution in [3.63, 3.8) is 0 Å². The molecule has 0 aromatic heterocycles. The third kappa shape index (κ3) is 4.53. The highest BCUT2D eigenvalue weighted by atomic mass is 16.3. The van der Waals surface area contributed by atoms with Gasteiger partial charge in [0.15, 0.2) is 0 Å². The van der Waals surface area contributed by atoms with Crippen LogP contribution in [0.3, 0.4) is 0 Å². The van der Waals surface area contributed by atoms with E-state index in [-0.39, 0.29) is 12.1 Å². The van der Waals surface area contributed by atoms with Crippen LogP contribution in [0.4, 0.5) is 0 Å². The maximum absolute atomic E-state index is 10.2. The molecule has 0 saturated carbocycles. The van der Waals surface area contributed by atoms with Crippen LogP contribution in [0.2, 0.25) is 0 Å². The lowest BCUT2D eigenvalue weighted by Crippen LogP contribution is -2.54. The van der Waals surface area contributed by atoms with Crippen molar-refractivity contribution in [3.8, 4) is 0 Å². The van der Waals surface area contributed by atoms with E-state index in [0.29, 0.717) is 0 Å². The Balaban J connectivity index is 2.17. The summed E-state index contributed by atoms with van der Waals surface area (Å²) < 4.78 is 0. The quantitative estimate of drug-likeness (QED) is 0.810. The number of aliphatic hydroxyl groups is 1. The summed E-state index contributed by atoms with van der Waals surface area (Å²) in [7, 11) is 0. The molecule has 1 aliphatic rings. The lowest BCUT2D eigenvalue weighted by atomic mass is 9.89. The highest BCUT2D eigenvalue weighted by Crippen LogP contribution is 2.24. The zero-order chi connectivity index (χ0) is 15.0. The molecule has 1 saturated heterocycles. The third-order valence-electron chi connectivity index (χ3n) is 4.50. The molecule has 0 radical (unpaired) electrons. The number of aliphatic hydroxyl groups excluding tert-OH is 1. The van der Waals surface area contributed by atoms with Gasteiger partial charge in [-0.2, -0.15) is 0 Å².